The molecule has 2 heterocycles. The average molecular weight is 254 g/mol. The van der Waals surface area contributed by atoms with Crippen LogP contribution in [0.1, 0.15) is 5.69 Å². The second kappa shape index (κ2) is 4.61. The van der Waals surface area contributed by atoms with Crippen molar-refractivity contribution in [3.8, 4) is 5.69 Å². The van der Waals surface area contributed by atoms with Gasteiger partial charge in [-0.1, -0.05) is 18.2 Å². The first-order chi connectivity index (χ1) is 9.24. The lowest BCUT2D eigenvalue weighted by Crippen LogP contribution is -2.22. The molecule has 0 aliphatic carbocycles. The third kappa shape index (κ3) is 2.22. The maximum atomic E-state index is 11.7. The molecule has 96 valence electrons. The summed E-state index contributed by atoms with van der Waals surface area (Å²) in [5.74, 6) is 0. The molecule has 0 aliphatic heterocycles. The quantitative estimate of drug-likeness (QED) is 0.709. The van der Waals surface area contributed by atoms with Crippen LogP contribution in [0.25, 0.3) is 5.69 Å². The molecule has 0 N–H and O–H groups in total. The second-order valence-corrected chi connectivity index (χ2v) is 4.41. The van der Waals surface area contributed by atoms with Crippen LogP contribution in [0, 0.1) is 0 Å². The van der Waals surface area contributed by atoms with Crippen LogP contribution < -0.4 is 5.69 Å². The molecule has 5 nitrogen and oxygen atoms in total. The Bertz CT molecular complexity index is 736. The molecule has 0 spiro atoms. The van der Waals surface area contributed by atoms with Gasteiger partial charge in [0.25, 0.3) is 0 Å². The number of benzene rings is 1. The largest absolute Gasteiger partial charge is 0.328 e. The zero-order valence-electron chi connectivity index (χ0n) is 10.6. The Morgan fingerprint density at radius 1 is 1.05 bits per heavy atom. The van der Waals surface area contributed by atoms with E-state index in [-0.39, 0.29) is 5.69 Å². The number of hydrogen-bond donors (Lipinski definition) is 0. The van der Waals surface area contributed by atoms with Crippen LogP contribution in [-0.2, 0) is 13.6 Å². The van der Waals surface area contributed by atoms with E-state index < -0.39 is 0 Å². The number of hydrogen-bond acceptors (Lipinski definition) is 2. The molecule has 0 bridgehead atoms. The van der Waals surface area contributed by atoms with Crippen LogP contribution in [0.15, 0.2) is 59.8 Å². The van der Waals surface area contributed by atoms with Crippen LogP contribution >= 0.6 is 0 Å². The van der Waals surface area contributed by atoms with Crippen molar-refractivity contribution in [3.63, 3.8) is 0 Å². The summed E-state index contributed by atoms with van der Waals surface area (Å²) in [6.07, 6.45) is 5.42. The van der Waals surface area contributed by atoms with Gasteiger partial charge in [0.05, 0.1) is 17.9 Å². The number of aromatic nitrogens is 4. The van der Waals surface area contributed by atoms with Gasteiger partial charge in [-0.15, -0.1) is 0 Å². The Morgan fingerprint density at radius 2 is 1.84 bits per heavy atom. The Balaban J connectivity index is 1.86. The van der Waals surface area contributed by atoms with Gasteiger partial charge < -0.3 is 4.57 Å². The molecule has 0 amide bonds. The summed E-state index contributed by atoms with van der Waals surface area (Å²) in [6, 6.07) is 11.8. The molecule has 2 aromatic heterocycles. The van der Waals surface area contributed by atoms with Crippen LogP contribution in [0.5, 0.6) is 0 Å². The highest BCUT2D eigenvalue weighted by molar-refractivity contribution is 5.30. The van der Waals surface area contributed by atoms with E-state index >= 15 is 0 Å². The van der Waals surface area contributed by atoms with Crippen molar-refractivity contribution in [2.24, 2.45) is 7.05 Å². The predicted octanol–water partition coefficient (Wildman–Crippen LogP) is 1.42. The highest BCUT2D eigenvalue weighted by atomic mass is 16.1. The maximum Gasteiger partial charge on any atom is 0.328 e. The number of para-hydroxylation sites is 1. The van der Waals surface area contributed by atoms with Gasteiger partial charge in [-0.3, -0.25) is 4.57 Å². The molecule has 0 fully saturated rings. The van der Waals surface area contributed by atoms with Gasteiger partial charge in [0, 0.05) is 25.6 Å². The molecule has 5 heteroatoms. The van der Waals surface area contributed by atoms with Crippen molar-refractivity contribution >= 4 is 0 Å². The predicted molar refractivity (Wildman–Crippen MR) is 72.3 cm³/mol. The fourth-order valence-electron chi connectivity index (χ4n) is 1.98. The molecule has 3 rings (SSSR count). The van der Waals surface area contributed by atoms with Crippen LogP contribution in [0.3, 0.4) is 0 Å². The van der Waals surface area contributed by atoms with Crippen LogP contribution in [-0.4, -0.2) is 18.9 Å². The summed E-state index contributed by atoms with van der Waals surface area (Å²) < 4.78 is 5.00. The van der Waals surface area contributed by atoms with Crippen molar-refractivity contribution in [2.45, 2.75) is 6.54 Å². The van der Waals surface area contributed by atoms with Gasteiger partial charge >= 0.3 is 5.69 Å². The zero-order chi connectivity index (χ0) is 13.2. The summed E-state index contributed by atoms with van der Waals surface area (Å²) in [5, 5.41) is 4.47. The Hall–Kier alpha value is -2.56. The minimum absolute atomic E-state index is 0.0331. The van der Waals surface area contributed by atoms with Crippen molar-refractivity contribution < 1.29 is 0 Å². The van der Waals surface area contributed by atoms with E-state index in [0.717, 1.165) is 11.4 Å². The lowest BCUT2D eigenvalue weighted by atomic mass is 10.3. The number of nitrogens with zero attached hydrogens (tertiary/aromatic N) is 4. The third-order valence-electron chi connectivity index (χ3n) is 3.02. The Kier molecular flexibility index (Phi) is 2.79. The number of aryl methyl sites for hydroxylation is 1. The van der Waals surface area contributed by atoms with Gasteiger partial charge in [0.1, 0.15) is 0 Å². The first-order valence-corrected chi connectivity index (χ1v) is 6.06. The number of imidazole rings is 1. The Morgan fingerprint density at radius 3 is 2.53 bits per heavy atom. The van der Waals surface area contributed by atoms with Gasteiger partial charge in [0.15, 0.2) is 0 Å². The van der Waals surface area contributed by atoms with E-state index in [9.17, 15) is 4.79 Å². The minimum atomic E-state index is -0.0331. The van der Waals surface area contributed by atoms with E-state index in [2.05, 4.69) is 5.10 Å². The molecule has 0 unspecified atom stereocenters. The highest BCUT2D eigenvalue weighted by Crippen LogP contribution is 2.07. The topological polar surface area (TPSA) is 44.8 Å². The molecule has 1 aromatic carbocycles. The molecule has 0 atom stereocenters. The molecule has 0 saturated heterocycles. The monoisotopic (exact) mass is 254 g/mol. The molecule has 0 radical (unpaired) electrons. The lowest BCUT2D eigenvalue weighted by molar-refractivity contribution is 0.693. The summed E-state index contributed by atoms with van der Waals surface area (Å²) in [6.45, 7) is 0.486. The van der Waals surface area contributed by atoms with E-state index in [0.29, 0.717) is 6.54 Å². The normalized spacial score (nSPS) is 10.8. The minimum Gasteiger partial charge on any atom is -0.302 e. The first kappa shape index (κ1) is 11.5. The van der Waals surface area contributed by atoms with E-state index in [1.54, 1.807) is 28.6 Å². The molecule has 19 heavy (non-hydrogen) atoms. The third-order valence-corrected chi connectivity index (χ3v) is 3.02. The number of rotatable bonds is 3. The van der Waals surface area contributed by atoms with Gasteiger partial charge in [0.2, 0.25) is 0 Å². The molecule has 0 aliphatic rings. The van der Waals surface area contributed by atoms with Gasteiger partial charge in [-0.2, -0.15) is 5.10 Å². The van der Waals surface area contributed by atoms with Crippen molar-refractivity contribution in [1.29, 1.82) is 0 Å². The van der Waals surface area contributed by atoms with E-state index in [1.807, 2.05) is 47.3 Å². The fraction of sp³-hybridized carbons (Fsp3) is 0.143. The Labute approximate surface area is 110 Å². The summed E-state index contributed by atoms with van der Waals surface area (Å²) >= 11 is 0. The SMILES string of the molecule is Cn1ccn(Cc2ccn(-c3ccccc3)n2)c1=O. The standard InChI is InChI=1S/C14H14N4O/c1-16-9-10-17(14(16)19)11-12-7-8-18(15-12)13-5-3-2-4-6-13/h2-10H,11H2,1H3. The maximum absolute atomic E-state index is 11.7. The summed E-state index contributed by atoms with van der Waals surface area (Å²) in [7, 11) is 1.74. The first-order valence-electron chi connectivity index (χ1n) is 6.06. The second-order valence-electron chi connectivity index (χ2n) is 4.41. The van der Waals surface area contributed by atoms with Gasteiger partial charge in [-0.05, 0) is 18.2 Å². The van der Waals surface area contributed by atoms with E-state index in [4.69, 9.17) is 0 Å². The highest BCUT2D eigenvalue weighted by Gasteiger charge is 2.04. The van der Waals surface area contributed by atoms with Crippen molar-refractivity contribution in [1.82, 2.24) is 18.9 Å². The summed E-state index contributed by atoms with van der Waals surface area (Å²) in [5.41, 5.74) is 1.83. The molecule has 0 saturated carbocycles. The zero-order valence-corrected chi connectivity index (χ0v) is 10.6. The lowest BCUT2D eigenvalue weighted by Gasteiger charge is -2.00. The summed E-state index contributed by atoms with van der Waals surface area (Å²) in [4.78, 5) is 11.7. The average Bonchev–Trinajstić information content (AvgIpc) is 3.02. The fourth-order valence-corrected chi connectivity index (χ4v) is 1.98. The van der Waals surface area contributed by atoms with Crippen LogP contribution in [0.2, 0.25) is 0 Å². The van der Waals surface area contributed by atoms with Crippen molar-refractivity contribution in [3.05, 3.63) is 71.2 Å². The molecular weight excluding hydrogens is 240 g/mol. The van der Waals surface area contributed by atoms with E-state index in [1.165, 1.54) is 0 Å². The van der Waals surface area contributed by atoms with Crippen LogP contribution in [0.4, 0.5) is 0 Å². The molecule has 3 aromatic rings. The van der Waals surface area contributed by atoms with Crippen molar-refractivity contribution in [2.75, 3.05) is 0 Å². The smallest absolute Gasteiger partial charge is 0.302 e. The molecular formula is C14H14N4O. The van der Waals surface area contributed by atoms with Gasteiger partial charge in [-0.25, -0.2) is 9.48 Å².